The fraction of sp³-hybridized carbons (Fsp3) is 0.739. The van der Waals surface area contributed by atoms with E-state index in [2.05, 4.69) is 27.7 Å². The van der Waals surface area contributed by atoms with Crippen molar-refractivity contribution in [3.8, 4) is 5.75 Å². The zero-order chi connectivity index (χ0) is 19.0. The van der Waals surface area contributed by atoms with Gasteiger partial charge in [-0.2, -0.15) is 0 Å². The van der Waals surface area contributed by atoms with E-state index in [-0.39, 0.29) is 5.75 Å². The highest BCUT2D eigenvalue weighted by Crippen LogP contribution is 2.16. The minimum absolute atomic E-state index is 0.0880. The third-order valence-corrected chi connectivity index (χ3v) is 4.93. The number of rotatable bonds is 12. The molecule has 0 bridgehead atoms. The fourth-order valence-electron chi connectivity index (χ4n) is 3.26. The van der Waals surface area contributed by atoms with Crippen molar-refractivity contribution in [3.63, 3.8) is 0 Å². The molecule has 146 valence electrons. The maximum Gasteiger partial charge on any atom is 0.0786 e. The number of aryl methyl sites for hydroxylation is 1. The monoisotopic (exact) mass is 349 g/mol. The molecule has 1 aromatic rings. The molecular weight excluding hydrogens is 306 g/mol. The van der Waals surface area contributed by atoms with Crippen LogP contribution in [0.3, 0.4) is 0 Å². The van der Waals surface area contributed by atoms with Gasteiger partial charge in [0.15, 0.2) is 0 Å². The Morgan fingerprint density at radius 1 is 0.720 bits per heavy atom. The second kappa shape index (κ2) is 15.3. The zero-order valence-electron chi connectivity index (χ0n) is 17.7. The van der Waals surface area contributed by atoms with Gasteiger partial charge in [0, 0.05) is 0 Å². The highest BCUT2D eigenvalue weighted by atomic mass is 16.3. The highest BCUT2D eigenvalue weighted by molar-refractivity contribution is 5.24. The summed E-state index contributed by atoms with van der Waals surface area (Å²) >= 11 is 0. The predicted octanol–water partition coefficient (Wildman–Crippen LogP) is 6.07. The van der Waals surface area contributed by atoms with Gasteiger partial charge in [-0.15, -0.1) is 5.75 Å². The summed E-state index contributed by atoms with van der Waals surface area (Å²) in [6.07, 6.45) is 11.1. The third kappa shape index (κ3) is 12.0. The van der Waals surface area contributed by atoms with Crippen molar-refractivity contribution >= 4 is 0 Å². The van der Waals surface area contributed by atoms with Crippen molar-refractivity contribution in [2.45, 2.75) is 86.0 Å². The Labute approximate surface area is 157 Å². The molecule has 0 amide bonds. The Balaban J connectivity index is 0.000000593. The zero-order valence-corrected chi connectivity index (χ0v) is 17.7. The van der Waals surface area contributed by atoms with Crippen molar-refractivity contribution in [3.05, 3.63) is 29.8 Å². The van der Waals surface area contributed by atoms with E-state index in [0.717, 1.165) is 5.56 Å². The van der Waals surface area contributed by atoms with Crippen molar-refractivity contribution < 1.29 is 9.59 Å². The van der Waals surface area contributed by atoms with Gasteiger partial charge >= 0.3 is 0 Å². The number of nitrogens with zero attached hydrogens (tertiary/aromatic N) is 1. The van der Waals surface area contributed by atoms with Crippen molar-refractivity contribution in [2.75, 3.05) is 26.2 Å². The molecule has 0 saturated heterocycles. The van der Waals surface area contributed by atoms with Crippen molar-refractivity contribution in [1.29, 1.82) is 0 Å². The lowest BCUT2D eigenvalue weighted by atomic mass is 10.1. The molecule has 0 heterocycles. The second-order valence-corrected chi connectivity index (χ2v) is 7.47. The molecule has 0 aliphatic carbocycles. The first-order valence-corrected chi connectivity index (χ1v) is 10.6. The van der Waals surface area contributed by atoms with Crippen LogP contribution in [0, 0.1) is 6.92 Å². The summed E-state index contributed by atoms with van der Waals surface area (Å²) in [5, 5.41) is 10.5. The van der Waals surface area contributed by atoms with E-state index >= 15 is 0 Å². The summed E-state index contributed by atoms with van der Waals surface area (Å²) in [7, 11) is 0. The van der Waals surface area contributed by atoms with Crippen LogP contribution in [0.25, 0.3) is 0 Å². The van der Waals surface area contributed by atoms with Gasteiger partial charge in [0.05, 0.1) is 26.2 Å². The van der Waals surface area contributed by atoms with E-state index in [4.69, 9.17) is 0 Å². The SMILES string of the molecule is CCCC[N+](CCCC)(CCCC)CCCC.Cc1cccc([O-])c1. The maximum atomic E-state index is 10.5. The Hall–Kier alpha value is -1.02. The molecule has 2 heteroatoms. The van der Waals surface area contributed by atoms with E-state index in [1.807, 2.05) is 13.0 Å². The first-order valence-electron chi connectivity index (χ1n) is 10.6. The smallest absolute Gasteiger partial charge is 0.0786 e. The minimum atomic E-state index is 0.0880. The van der Waals surface area contributed by atoms with Crippen molar-refractivity contribution in [1.82, 2.24) is 0 Å². The van der Waals surface area contributed by atoms with Gasteiger partial charge in [-0.05, 0) is 32.6 Å². The van der Waals surface area contributed by atoms with E-state index < -0.39 is 0 Å². The lowest BCUT2D eigenvalue weighted by molar-refractivity contribution is -0.929. The first kappa shape index (κ1) is 24.0. The van der Waals surface area contributed by atoms with E-state index in [1.165, 1.54) is 82.0 Å². The number of hydrogen-bond donors (Lipinski definition) is 0. The molecule has 2 nitrogen and oxygen atoms in total. The average Bonchev–Trinajstić information content (AvgIpc) is 2.61. The van der Waals surface area contributed by atoms with Gasteiger partial charge in [-0.1, -0.05) is 83.2 Å². The van der Waals surface area contributed by atoms with Gasteiger partial charge in [-0.25, -0.2) is 0 Å². The van der Waals surface area contributed by atoms with Crippen LogP contribution >= 0.6 is 0 Å². The molecule has 0 aliphatic rings. The van der Waals surface area contributed by atoms with E-state index in [1.54, 1.807) is 18.2 Å². The summed E-state index contributed by atoms with van der Waals surface area (Å²) < 4.78 is 1.42. The summed E-state index contributed by atoms with van der Waals surface area (Å²) in [5.41, 5.74) is 1.03. The largest absolute Gasteiger partial charge is 0.872 e. The molecule has 0 spiro atoms. The highest BCUT2D eigenvalue weighted by Gasteiger charge is 2.24. The second-order valence-electron chi connectivity index (χ2n) is 7.47. The molecular formula is C23H43NO. The van der Waals surface area contributed by atoms with E-state index in [0.29, 0.717) is 0 Å². The molecule has 0 aliphatic heterocycles. The fourth-order valence-corrected chi connectivity index (χ4v) is 3.26. The summed E-state index contributed by atoms with van der Waals surface area (Å²) in [6, 6.07) is 6.83. The Morgan fingerprint density at radius 3 is 1.36 bits per heavy atom. The van der Waals surface area contributed by atoms with Crippen LogP contribution in [-0.2, 0) is 0 Å². The van der Waals surface area contributed by atoms with Gasteiger partial charge in [0.2, 0.25) is 0 Å². The van der Waals surface area contributed by atoms with Gasteiger partial charge in [0.1, 0.15) is 0 Å². The van der Waals surface area contributed by atoms with Crippen LogP contribution in [0.5, 0.6) is 5.75 Å². The van der Waals surface area contributed by atoms with Crippen LogP contribution in [0.15, 0.2) is 24.3 Å². The van der Waals surface area contributed by atoms with Crippen LogP contribution in [0.1, 0.15) is 84.6 Å². The number of hydrogen-bond acceptors (Lipinski definition) is 1. The summed E-state index contributed by atoms with van der Waals surface area (Å²) in [4.78, 5) is 0. The molecule has 0 N–H and O–H groups in total. The van der Waals surface area contributed by atoms with Crippen LogP contribution in [-0.4, -0.2) is 30.7 Å². The quantitative estimate of drug-likeness (QED) is 0.420. The molecule has 0 unspecified atom stereocenters. The maximum absolute atomic E-state index is 10.5. The predicted molar refractivity (Wildman–Crippen MR) is 110 cm³/mol. The lowest BCUT2D eigenvalue weighted by Crippen LogP contribution is -2.50. The van der Waals surface area contributed by atoms with Gasteiger partial charge in [-0.3, -0.25) is 0 Å². The molecule has 0 saturated carbocycles. The van der Waals surface area contributed by atoms with Crippen molar-refractivity contribution in [2.24, 2.45) is 0 Å². The number of unbranched alkanes of at least 4 members (excludes halogenated alkanes) is 4. The Kier molecular flexibility index (Phi) is 14.6. The van der Waals surface area contributed by atoms with E-state index in [9.17, 15) is 5.11 Å². The Bertz CT molecular complexity index is 362. The average molecular weight is 350 g/mol. The molecule has 0 atom stereocenters. The van der Waals surface area contributed by atoms with Crippen LogP contribution < -0.4 is 5.11 Å². The molecule has 0 aromatic heterocycles. The molecule has 0 radical (unpaired) electrons. The third-order valence-electron chi connectivity index (χ3n) is 4.93. The molecule has 0 fully saturated rings. The van der Waals surface area contributed by atoms with Crippen LogP contribution in [0.2, 0.25) is 0 Å². The molecule has 1 aromatic carbocycles. The standard InChI is InChI=1S/C16H36N.C7H8O/c1-5-9-13-17(14-10-6-2,15-11-7-3)16-12-8-4;1-6-3-2-4-7(8)5-6/h5-16H2,1-4H3;2-5,8H,1H3/q+1;/p-1. The number of benzene rings is 1. The minimum Gasteiger partial charge on any atom is -0.872 e. The molecule has 25 heavy (non-hydrogen) atoms. The number of quaternary nitrogens is 1. The van der Waals surface area contributed by atoms with Gasteiger partial charge < -0.3 is 9.59 Å². The topological polar surface area (TPSA) is 23.1 Å². The normalized spacial score (nSPS) is 11.1. The lowest BCUT2D eigenvalue weighted by Gasteiger charge is -2.39. The Morgan fingerprint density at radius 2 is 1.12 bits per heavy atom. The summed E-state index contributed by atoms with van der Waals surface area (Å²) in [6.45, 7) is 16.9. The first-order chi connectivity index (χ1) is 12.0. The van der Waals surface area contributed by atoms with Gasteiger partial charge in [0.25, 0.3) is 0 Å². The molecule has 1 rings (SSSR count). The van der Waals surface area contributed by atoms with Crippen LogP contribution in [0.4, 0.5) is 0 Å². The summed E-state index contributed by atoms with van der Waals surface area (Å²) in [5.74, 6) is 0.0880.